The topological polar surface area (TPSA) is 72.6 Å². The monoisotopic (exact) mass is 461 g/mol. The van der Waals surface area contributed by atoms with Crippen LogP contribution in [0.1, 0.15) is 26.5 Å². The molecule has 11 heteroatoms. The zero-order valence-electron chi connectivity index (χ0n) is 14.0. The maximum atomic E-state index is 14.6. The standard InChI is InChI=1S/C15H14BrClFN5O2S/c1-15(2,3)25-14(24)22(6-8-4-5-26-21-8)12-11-10(18)9(16)7-23(11)20-13(17)19-12/h4-5,7H,6H2,1-3H3. The Morgan fingerprint density at radius 3 is 2.85 bits per heavy atom. The quantitative estimate of drug-likeness (QED) is 0.565. The highest BCUT2D eigenvalue weighted by Crippen LogP contribution is 2.30. The van der Waals surface area contributed by atoms with Crippen molar-refractivity contribution in [3.8, 4) is 0 Å². The molecule has 0 atom stereocenters. The summed E-state index contributed by atoms with van der Waals surface area (Å²) in [7, 11) is 0. The number of amides is 1. The Labute approximate surface area is 166 Å². The summed E-state index contributed by atoms with van der Waals surface area (Å²) in [4.78, 5) is 18.1. The fourth-order valence-electron chi connectivity index (χ4n) is 2.19. The first-order valence-electron chi connectivity index (χ1n) is 7.45. The Morgan fingerprint density at radius 2 is 2.23 bits per heavy atom. The third kappa shape index (κ3) is 3.97. The molecule has 1 amide bonds. The van der Waals surface area contributed by atoms with Crippen LogP contribution in [0.3, 0.4) is 0 Å². The fraction of sp³-hybridized carbons (Fsp3) is 0.333. The molecule has 0 aliphatic rings. The van der Waals surface area contributed by atoms with E-state index in [0.29, 0.717) is 5.69 Å². The number of rotatable bonds is 3. The van der Waals surface area contributed by atoms with Gasteiger partial charge in [0.2, 0.25) is 5.28 Å². The van der Waals surface area contributed by atoms with Gasteiger partial charge in [0.15, 0.2) is 11.6 Å². The van der Waals surface area contributed by atoms with E-state index in [1.807, 2.05) is 0 Å². The molecule has 138 valence electrons. The van der Waals surface area contributed by atoms with Crippen LogP contribution in [0.15, 0.2) is 22.1 Å². The van der Waals surface area contributed by atoms with E-state index in [2.05, 4.69) is 30.4 Å². The molecule has 0 saturated heterocycles. The van der Waals surface area contributed by atoms with Crippen LogP contribution in [0.4, 0.5) is 15.0 Å². The van der Waals surface area contributed by atoms with E-state index in [1.165, 1.54) is 27.1 Å². The van der Waals surface area contributed by atoms with Crippen molar-refractivity contribution >= 4 is 56.5 Å². The minimum atomic E-state index is -0.744. The lowest BCUT2D eigenvalue weighted by atomic mass is 10.2. The Hall–Kier alpha value is -1.78. The number of carbonyl (C=O) groups is 1. The molecular weight excluding hydrogens is 449 g/mol. The number of nitrogens with zero attached hydrogens (tertiary/aromatic N) is 5. The second-order valence-electron chi connectivity index (χ2n) is 6.35. The number of halogens is 3. The number of anilines is 1. The van der Waals surface area contributed by atoms with Crippen molar-refractivity contribution in [1.82, 2.24) is 19.0 Å². The van der Waals surface area contributed by atoms with E-state index in [4.69, 9.17) is 16.3 Å². The Morgan fingerprint density at radius 1 is 1.50 bits per heavy atom. The predicted octanol–water partition coefficient (Wildman–Crippen LogP) is 4.68. The Balaban J connectivity index is 2.15. The van der Waals surface area contributed by atoms with Crippen LogP contribution in [0.2, 0.25) is 5.28 Å². The molecule has 0 aliphatic carbocycles. The molecule has 3 heterocycles. The van der Waals surface area contributed by atoms with E-state index in [1.54, 1.807) is 32.2 Å². The summed E-state index contributed by atoms with van der Waals surface area (Å²) in [6.07, 6.45) is 0.705. The van der Waals surface area contributed by atoms with Crippen molar-refractivity contribution < 1.29 is 13.9 Å². The molecule has 0 saturated carbocycles. The van der Waals surface area contributed by atoms with Gasteiger partial charge in [-0.2, -0.15) is 9.36 Å². The zero-order valence-corrected chi connectivity index (χ0v) is 17.2. The minimum absolute atomic E-state index is 0.00219. The van der Waals surface area contributed by atoms with E-state index >= 15 is 0 Å². The lowest BCUT2D eigenvalue weighted by molar-refractivity contribution is 0.0576. The van der Waals surface area contributed by atoms with Crippen LogP contribution < -0.4 is 4.90 Å². The van der Waals surface area contributed by atoms with Gasteiger partial charge in [-0.15, -0.1) is 5.10 Å². The molecule has 7 nitrogen and oxygen atoms in total. The lowest BCUT2D eigenvalue weighted by Crippen LogP contribution is -2.37. The van der Waals surface area contributed by atoms with Crippen LogP contribution in [0, 0.1) is 5.82 Å². The summed E-state index contributed by atoms with van der Waals surface area (Å²) in [5.41, 5.74) is -0.131. The van der Waals surface area contributed by atoms with Crippen molar-refractivity contribution in [2.24, 2.45) is 0 Å². The third-order valence-electron chi connectivity index (χ3n) is 3.16. The van der Waals surface area contributed by atoms with Crippen LogP contribution in [0.25, 0.3) is 5.52 Å². The van der Waals surface area contributed by atoms with Crippen LogP contribution in [0.5, 0.6) is 0 Å². The highest BCUT2D eigenvalue weighted by Gasteiger charge is 2.29. The molecule has 0 fully saturated rings. The van der Waals surface area contributed by atoms with Gasteiger partial charge in [0.25, 0.3) is 0 Å². The van der Waals surface area contributed by atoms with Gasteiger partial charge >= 0.3 is 6.09 Å². The number of hydrogen-bond acceptors (Lipinski definition) is 6. The summed E-state index contributed by atoms with van der Waals surface area (Å²) >= 11 is 10.3. The van der Waals surface area contributed by atoms with Crippen LogP contribution in [-0.4, -0.2) is 30.7 Å². The van der Waals surface area contributed by atoms with Crippen LogP contribution >= 0.6 is 39.1 Å². The summed E-state index contributed by atoms with van der Waals surface area (Å²) in [5, 5.41) is 5.58. The SMILES string of the molecule is CC(C)(C)OC(=O)N(Cc1ccsn1)c1nc(Cl)nn2cc(Br)c(F)c12. The molecule has 0 aromatic carbocycles. The zero-order chi connectivity index (χ0) is 19.1. The van der Waals surface area contributed by atoms with Crippen LogP contribution in [-0.2, 0) is 11.3 Å². The summed E-state index contributed by atoms with van der Waals surface area (Å²) in [6.45, 7) is 5.26. The van der Waals surface area contributed by atoms with Crippen molar-refractivity contribution in [1.29, 1.82) is 0 Å². The smallest absolute Gasteiger partial charge is 0.416 e. The first-order chi connectivity index (χ1) is 12.2. The normalized spacial score (nSPS) is 11.8. The van der Waals surface area contributed by atoms with Gasteiger partial charge in [-0.05, 0) is 65.9 Å². The minimum Gasteiger partial charge on any atom is -0.443 e. The number of hydrogen-bond donors (Lipinski definition) is 0. The molecule has 0 spiro atoms. The first kappa shape index (κ1) is 19.0. The van der Waals surface area contributed by atoms with Gasteiger partial charge in [-0.3, -0.25) is 4.90 Å². The number of ether oxygens (including phenoxy) is 1. The van der Waals surface area contributed by atoms with E-state index in [-0.39, 0.29) is 27.6 Å². The molecule has 0 N–H and O–H groups in total. The van der Waals surface area contributed by atoms with E-state index < -0.39 is 17.5 Å². The van der Waals surface area contributed by atoms with Crippen molar-refractivity contribution in [3.05, 3.63) is 38.9 Å². The molecule has 0 radical (unpaired) electrons. The summed E-state index contributed by atoms with van der Waals surface area (Å²) < 4.78 is 25.7. The maximum Gasteiger partial charge on any atom is 0.416 e. The molecule has 0 unspecified atom stereocenters. The van der Waals surface area contributed by atoms with E-state index in [9.17, 15) is 9.18 Å². The predicted molar refractivity (Wildman–Crippen MR) is 100 cm³/mol. The second kappa shape index (κ2) is 7.09. The molecule has 0 aliphatic heterocycles. The van der Waals surface area contributed by atoms with Gasteiger partial charge in [-0.1, -0.05) is 0 Å². The highest BCUT2D eigenvalue weighted by molar-refractivity contribution is 9.10. The van der Waals surface area contributed by atoms with Gasteiger partial charge in [0.1, 0.15) is 11.1 Å². The molecule has 3 aromatic rings. The summed E-state index contributed by atoms with van der Waals surface area (Å²) in [6, 6.07) is 1.76. The highest BCUT2D eigenvalue weighted by atomic mass is 79.9. The van der Waals surface area contributed by atoms with Crippen molar-refractivity contribution in [3.63, 3.8) is 0 Å². The fourth-order valence-corrected chi connectivity index (χ4v) is 3.26. The van der Waals surface area contributed by atoms with Crippen molar-refractivity contribution in [2.75, 3.05) is 4.90 Å². The Kier molecular flexibility index (Phi) is 5.18. The molecular formula is C15H14BrClFN5O2S. The number of fused-ring (bicyclic) bond motifs is 1. The molecule has 3 aromatic heterocycles. The van der Waals surface area contributed by atoms with E-state index in [0.717, 1.165) is 0 Å². The van der Waals surface area contributed by atoms with Gasteiger partial charge in [0.05, 0.1) is 16.7 Å². The van der Waals surface area contributed by atoms with Gasteiger partial charge < -0.3 is 4.74 Å². The van der Waals surface area contributed by atoms with Crippen molar-refractivity contribution in [2.45, 2.75) is 32.9 Å². The lowest BCUT2D eigenvalue weighted by Gasteiger charge is -2.26. The first-order valence-corrected chi connectivity index (χ1v) is 9.46. The second-order valence-corrected chi connectivity index (χ2v) is 8.20. The number of carbonyl (C=O) groups excluding carboxylic acids is 1. The maximum absolute atomic E-state index is 14.6. The summed E-state index contributed by atoms with van der Waals surface area (Å²) in [5.74, 6) is -0.612. The number of aromatic nitrogens is 4. The third-order valence-corrected chi connectivity index (χ3v) is 4.47. The molecule has 0 bridgehead atoms. The molecule has 3 rings (SSSR count). The molecule has 26 heavy (non-hydrogen) atoms. The average molecular weight is 463 g/mol. The average Bonchev–Trinajstić information content (AvgIpc) is 3.11. The van der Waals surface area contributed by atoms with Gasteiger partial charge in [0, 0.05) is 11.6 Å². The Bertz CT molecular complexity index is 957. The largest absolute Gasteiger partial charge is 0.443 e. The van der Waals surface area contributed by atoms with Gasteiger partial charge in [-0.25, -0.2) is 13.7 Å².